The number of hydrazine groups is 1. The normalized spacial score (nSPS) is 29.4. The Labute approximate surface area is 88.6 Å². The summed E-state index contributed by atoms with van der Waals surface area (Å²) in [6.07, 6.45) is 9.42. The first-order chi connectivity index (χ1) is 6.79. The van der Waals surface area contributed by atoms with Crippen molar-refractivity contribution in [3.63, 3.8) is 0 Å². The summed E-state index contributed by atoms with van der Waals surface area (Å²) >= 11 is 0. The molecule has 0 amide bonds. The number of hydrogen-bond acceptors (Lipinski definition) is 2. The van der Waals surface area contributed by atoms with Crippen molar-refractivity contribution in [2.45, 2.75) is 64.8 Å². The number of unbranched alkanes of at least 4 members (excludes halogenated alkanes) is 2. The summed E-state index contributed by atoms with van der Waals surface area (Å²) in [7, 11) is 0. The van der Waals surface area contributed by atoms with Gasteiger partial charge >= 0.3 is 0 Å². The van der Waals surface area contributed by atoms with Gasteiger partial charge in [0.2, 0.25) is 0 Å². The molecule has 2 heteroatoms. The second kappa shape index (κ2) is 6.41. The summed E-state index contributed by atoms with van der Waals surface area (Å²) in [6.45, 7) is 4.63. The lowest BCUT2D eigenvalue weighted by Gasteiger charge is -2.26. The highest BCUT2D eigenvalue weighted by atomic mass is 15.2. The molecule has 0 aromatic heterocycles. The molecule has 0 saturated heterocycles. The van der Waals surface area contributed by atoms with Gasteiger partial charge in [0.15, 0.2) is 0 Å². The fourth-order valence-electron chi connectivity index (χ4n) is 2.81. The fourth-order valence-corrected chi connectivity index (χ4v) is 2.81. The third kappa shape index (κ3) is 3.25. The van der Waals surface area contributed by atoms with Gasteiger partial charge in [-0.3, -0.25) is 11.3 Å². The zero-order valence-corrected chi connectivity index (χ0v) is 9.76. The van der Waals surface area contributed by atoms with E-state index in [1.54, 1.807) is 0 Å². The molecule has 2 nitrogen and oxygen atoms in total. The molecule has 3 atom stereocenters. The van der Waals surface area contributed by atoms with E-state index in [9.17, 15) is 0 Å². The van der Waals surface area contributed by atoms with Crippen LogP contribution in [0.25, 0.3) is 0 Å². The van der Waals surface area contributed by atoms with Crippen LogP contribution in [0.15, 0.2) is 0 Å². The van der Waals surface area contributed by atoms with Gasteiger partial charge in [-0.05, 0) is 24.7 Å². The Bertz CT molecular complexity index is 147. The minimum Gasteiger partial charge on any atom is -0.271 e. The summed E-state index contributed by atoms with van der Waals surface area (Å²) in [5.41, 5.74) is 3.03. The van der Waals surface area contributed by atoms with Crippen LogP contribution in [-0.2, 0) is 0 Å². The Morgan fingerprint density at radius 2 is 2.14 bits per heavy atom. The number of hydrogen-bond donors (Lipinski definition) is 2. The van der Waals surface area contributed by atoms with Crippen LogP contribution in [0.1, 0.15) is 58.8 Å². The lowest BCUT2D eigenvalue weighted by Crippen LogP contribution is -2.41. The SMILES string of the molecule is CCCCCC(NN)C1CCCC1C. The molecule has 1 fully saturated rings. The Kier molecular flexibility index (Phi) is 5.49. The summed E-state index contributed by atoms with van der Waals surface area (Å²) in [4.78, 5) is 0. The van der Waals surface area contributed by atoms with Crippen LogP contribution in [0.3, 0.4) is 0 Å². The molecular formula is C12H26N2. The maximum absolute atomic E-state index is 5.65. The minimum absolute atomic E-state index is 0.569. The van der Waals surface area contributed by atoms with E-state index < -0.39 is 0 Å². The van der Waals surface area contributed by atoms with E-state index in [-0.39, 0.29) is 0 Å². The van der Waals surface area contributed by atoms with Crippen molar-refractivity contribution >= 4 is 0 Å². The molecule has 1 aliphatic rings. The number of nitrogens with one attached hydrogen (secondary N) is 1. The molecule has 1 aliphatic carbocycles. The predicted octanol–water partition coefficient (Wildman–Crippen LogP) is 2.83. The van der Waals surface area contributed by atoms with Crippen molar-refractivity contribution in [1.82, 2.24) is 5.43 Å². The summed E-state index contributed by atoms with van der Waals surface area (Å²) in [6, 6.07) is 0.569. The molecule has 0 aromatic rings. The maximum atomic E-state index is 5.65. The lowest BCUT2D eigenvalue weighted by atomic mass is 9.87. The van der Waals surface area contributed by atoms with Gasteiger partial charge in [0.25, 0.3) is 0 Å². The number of rotatable bonds is 6. The fraction of sp³-hybridized carbons (Fsp3) is 1.00. The third-order valence-electron chi connectivity index (χ3n) is 3.78. The largest absolute Gasteiger partial charge is 0.271 e. The van der Waals surface area contributed by atoms with Gasteiger partial charge in [0.1, 0.15) is 0 Å². The molecule has 1 saturated carbocycles. The van der Waals surface area contributed by atoms with Crippen LogP contribution in [0.2, 0.25) is 0 Å². The molecule has 0 aromatic carbocycles. The Morgan fingerprint density at radius 1 is 1.36 bits per heavy atom. The first-order valence-electron chi connectivity index (χ1n) is 6.25. The topological polar surface area (TPSA) is 38.0 Å². The van der Waals surface area contributed by atoms with Crippen molar-refractivity contribution in [2.24, 2.45) is 17.7 Å². The van der Waals surface area contributed by atoms with Crippen LogP contribution in [-0.4, -0.2) is 6.04 Å². The average Bonchev–Trinajstić information content (AvgIpc) is 2.60. The maximum Gasteiger partial charge on any atom is 0.0241 e. The van der Waals surface area contributed by atoms with Crippen molar-refractivity contribution < 1.29 is 0 Å². The molecule has 0 bridgehead atoms. The van der Waals surface area contributed by atoms with E-state index >= 15 is 0 Å². The molecule has 1 rings (SSSR count). The van der Waals surface area contributed by atoms with Gasteiger partial charge in [-0.2, -0.15) is 0 Å². The molecule has 0 heterocycles. The zero-order valence-electron chi connectivity index (χ0n) is 9.76. The van der Waals surface area contributed by atoms with Gasteiger partial charge in [-0.25, -0.2) is 0 Å². The molecule has 3 N–H and O–H groups in total. The Hall–Kier alpha value is -0.0800. The van der Waals surface area contributed by atoms with Crippen LogP contribution in [0.5, 0.6) is 0 Å². The van der Waals surface area contributed by atoms with E-state index in [1.165, 1.54) is 44.9 Å². The quantitative estimate of drug-likeness (QED) is 0.391. The Balaban J connectivity index is 2.29. The minimum atomic E-state index is 0.569. The smallest absolute Gasteiger partial charge is 0.0241 e. The van der Waals surface area contributed by atoms with Crippen LogP contribution < -0.4 is 11.3 Å². The molecule has 0 aliphatic heterocycles. The highest BCUT2D eigenvalue weighted by Crippen LogP contribution is 2.34. The van der Waals surface area contributed by atoms with Gasteiger partial charge < -0.3 is 0 Å². The van der Waals surface area contributed by atoms with E-state index in [2.05, 4.69) is 19.3 Å². The van der Waals surface area contributed by atoms with Gasteiger partial charge in [0.05, 0.1) is 0 Å². The van der Waals surface area contributed by atoms with Gasteiger partial charge in [-0.1, -0.05) is 46.0 Å². The summed E-state index contributed by atoms with van der Waals surface area (Å²) < 4.78 is 0. The standard InChI is InChI=1S/C12H26N2/c1-3-4-5-9-12(14-13)11-8-6-7-10(11)2/h10-12,14H,3-9,13H2,1-2H3. The summed E-state index contributed by atoms with van der Waals surface area (Å²) in [5, 5.41) is 0. The molecule has 3 unspecified atom stereocenters. The highest BCUT2D eigenvalue weighted by Gasteiger charge is 2.29. The second-order valence-electron chi connectivity index (χ2n) is 4.84. The van der Waals surface area contributed by atoms with Crippen molar-refractivity contribution in [3.8, 4) is 0 Å². The third-order valence-corrected chi connectivity index (χ3v) is 3.78. The van der Waals surface area contributed by atoms with Crippen LogP contribution in [0.4, 0.5) is 0 Å². The molecule has 14 heavy (non-hydrogen) atoms. The van der Waals surface area contributed by atoms with Crippen molar-refractivity contribution in [1.29, 1.82) is 0 Å². The monoisotopic (exact) mass is 198 g/mol. The van der Waals surface area contributed by atoms with Gasteiger partial charge in [0, 0.05) is 6.04 Å². The summed E-state index contributed by atoms with van der Waals surface area (Å²) in [5.74, 6) is 7.35. The average molecular weight is 198 g/mol. The van der Waals surface area contributed by atoms with E-state index in [0.717, 1.165) is 11.8 Å². The molecule has 0 radical (unpaired) electrons. The lowest BCUT2D eigenvalue weighted by molar-refractivity contribution is 0.280. The van der Waals surface area contributed by atoms with Crippen LogP contribution >= 0.6 is 0 Å². The van der Waals surface area contributed by atoms with E-state index in [1.807, 2.05) is 0 Å². The number of nitrogens with two attached hydrogens (primary N) is 1. The highest BCUT2D eigenvalue weighted by molar-refractivity contribution is 4.83. The van der Waals surface area contributed by atoms with E-state index in [4.69, 9.17) is 5.84 Å². The van der Waals surface area contributed by atoms with Gasteiger partial charge in [-0.15, -0.1) is 0 Å². The zero-order chi connectivity index (χ0) is 10.4. The second-order valence-corrected chi connectivity index (χ2v) is 4.84. The first kappa shape index (κ1) is 12.0. The van der Waals surface area contributed by atoms with Crippen molar-refractivity contribution in [3.05, 3.63) is 0 Å². The molecule has 84 valence electrons. The molecular weight excluding hydrogens is 172 g/mol. The Morgan fingerprint density at radius 3 is 2.64 bits per heavy atom. The van der Waals surface area contributed by atoms with Crippen LogP contribution in [0, 0.1) is 11.8 Å². The first-order valence-corrected chi connectivity index (χ1v) is 6.25. The van der Waals surface area contributed by atoms with E-state index in [0.29, 0.717) is 6.04 Å². The molecule has 0 spiro atoms. The predicted molar refractivity (Wildman–Crippen MR) is 61.8 cm³/mol. The van der Waals surface area contributed by atoms with Crippen molar-refractivity contribution in [2.75, 3.05) is 0 Å².